The summed E-state index contributed by atoms with van der Waals surface area (Å²) in [5, 5.41) is 2.50. The first kappa shape index (κ1) is 16.8. The van der Waals surface area contributed by atoms with Crippen LogP contribution in [-0.4, -0.2) is 49.6 Å². The van der Waals surface area contributed by atoms with Gasteiger partial charge in [0.25, 0.3) is 0 Å². The van der Waals surface area contributed by atoms with Gasteiger partial charge in [-0.1, -0.05) is 6.92 Å². The number of ether oxygens (including phenoxy) is 2. The fraction of sp³-hybridized carbons (Fsp3) is 0.727. The first-order valence-corrected chi connectivity index (χ1v) is 6.58. The summed E-state index contributed by atoms with van der Waals surface area (Å²) in [4.78, 5) is 33.5. The molecule has 0 fully saturated rings. The Morgan fingerprint density at radius 3 is 2.11 bits per heavy atom. The molecule has 0 aromatic heterocycles. The summed E-state index contributed by atoms with van der Waals surface area (Å²) in [5.74, 6) is -0.476. The van der Waals surface area contributed by atoms with Gasteiger partial charge in [-0.25, -0.2) is 4.79 Å². The molecule has 1 unspecified atom stereocenters. The molecule has 7 heteroatoms. The van der Waals surface area contributed by atoms with Crippen molar-refractivity contribution in [1.29, 1.82) is 0 Å². The van der Waals surface area contributed by atoms with E-state index in [0.29, 0.717) is 11.5 Å². The second-order valence-corrected chi connectivity index (χ2v) is 4.81. The van der Waals surface area contributed by atoms with E-state index in [9.17, 15) is 14.4 Å². The average Bonchev–Trinajstić information content (AvgIpc) is 2.34. The summed E-state index contributed by atoms with van der Waals surface area (Å²) in [6.07, 6.45) is 0. The Morgan fingerprint density at radius 1 is 1.11 bits per heavy atom. The van der Waals surface area contributed by atoms with Crippen LogP contribution in [0.3, 0.4) is 0 Å². The summed E-state index contributed by atoms with van der Waals surface area (Å²) in [6, 6.07) is -0.692. The largest absolute Gasteiger partial charge is 0.469 e. The van der Waals surface area contributed by atoms with Crippen molar-refractivity contribution in [2.75, 3.05) is 25.7 Å². The lowest BCUT2D eigenvalue weighted by Gasteiger charge is -2.16. The monoisotopic (exact) mass is 277 g/mol. The number of methoxy groups -OCH3 is 2. The van der Waals surface area contributed by atoms with Gasteiger partial charge in [0.05, 0.1) is 20.1 Å². The third kappa shape index (κ3) is 6.48. The number of hydrogen-bond acceptors (Lipinski definition) is 6. The number of carbonyl (C=O) groups excluding carboxylic acids is 3. The van der Waals surface area contributed by atoms with E-state index in [1.54, 1.807) is 6.92 Å². The number of hydrogen-bond donors (Lipinski definition) is 1. The second-order valence-electron chi connectivity index (χ2n) is 3.74. The van der Waals surface area contributed by atoms with Gasteiger partial charge in [-0.2, -0.15) is 11.8 Å². The highest BCUT2D eigenvalue weighted by atomic mass is 32.2. The summed E-state index contributed by atoms with van der Waals surface area (Å²) in [6.45, 7) is 3.07. The standard InChI is InChI=1S/C11H19NO5S/c1-7(10(14)16-3)5-18-6-9(11(15)17-4)12-8(2)13/h7,9H,5-6H2,1-4H3,(H,12,13)/t7?,9-/m0/s1. The van der Waals surface area contributed by atoms with E-state index in [-0.39, 0.29) is 17.8 Å². The molecule has 0 aliphatic heterocycles. The Balaban J connectivity index is 4.15. The van der Waals surface area contributed by atoms with Gasteiger partial charge in [0, 0.05) is 18.4 Å². The van der Waals surface area contributed by atoms with Crippen molar-refractivity contribution in [1.82, 2.24) is 5.32 Å². The van der Waals surface area contributed by atoms with E-state index in [1.807, 2.05) is 0 Å². The zero-order chi connectivity index (χ0) is 14.1. The zero-order valence-corrected chi connectivity index (χ0v) is 11.8. The fourth-order valence-electron chi connectivity index (χ4n) is 1.19. The molecule has 0 saturated carbocycles. The van der Waals surface area contributed by atoms with Gasteiger partial charge >= 0.3 is 11.9 Å². The van der Waals surface area contributed by atoms with Gasteiger partial charge < -0.3 is 14.8 Å². The molecule has 1 N–H and O–H groups in total. The first-order chi connectivity index (χ1) is 8.42. The third-order valence-electron chi connectivity index (χ3n) is 2.12. The number of esters is 2. The van der Waals surface area contributed by atoms with Crippen LogP contribution in [0.1, 0.15) is 13.8 Å². The number of amides is 1. The Labute approximate surface area is 111 Å². The van der Waals surface area contributed by atoms with Gasteiger partial charge in [-0.05, 0) is 0 Å². The molecule has 18 heavy (non-hydrogen) atoms. The first-order valence-electron chi connectivity index (χ1n) is 5.42. The zero-order valence-electron chi connectivity index (χ0n) is 11.0. The minimum atomic E-state index is -0.692. The molecule has 0 aliphatic rings. The number of carbonyl (C=O) groups is 3. The number of rotatable bonds is 7. The molecular weight excluding hydrogens is 258 g/mol. The Kier molecular flexibility index (Phi) is 8.19. The maximum Gasteiger partial charge on any atom is 0.329 e. The van der Waals surface area contributed by atoms with Crippen LogP contribution >= 0.6 is 11.8 Å². The molecule has 0 aromatic rings. The maximum absolute atomic E-state index is 11.4. The lowest BCUT2D eigenvalue weighted by atomic mass is 10.2. The highest BCUT2D eigenvalue weighted by Crippen LogP contribution is 2.11. The predicted octanol–water partition coefficient (Wildman–Crippen LogP) is 0.206. The second kappa shape index (κ2) is 8.79. The van der Waals surface area contributed by atoms with Gasteiger partial charge in [-0.3, -0.25) is 9.59 Å². The average molecular weight is 277 g/mol. The molecule has 0 aromatic carbocycles. The van der Waals surface area contributed by atoms with Crippen molar-refractivity contribution in [2.24, 2.45) is 5.92 Å². The fourth-order valence-corrected chi connectivity index (χ4v) is 2.27. The van der Waals surface area contributed by atoms with Crippen LogP contribution < -0.4 is 5.32 Å². The van der Waals surface area contributed by atoms with E-state index < -0.39 is 12.0 Å². The molecule has 0 aliphatic carbocycles. The van der Waals surface area contributed by atoms with Crippen LogP contribution in [0.2, 0.25) is 0 Å². The van der Waals surface area contributed by atoms with Gasteiger partial charge in [0.15, 0.2) is 0 Å². The van der Waals surface area contributed by atoms with Gasteiger partial charge in [0.2, 0.25) is 5.91 Å². The van der Waals surface area contributed by atoms with Crippen LogP contribution in [-0.2, 0) is 23.9 Å². The smallest absolute Gasteiger partial charge is 0.329 e. The molecule has 104 valence electrons. The molecule has 6 nitrogen and oxygen atoms in total. The van der Waals surface area contributed by atoms with E-state index in [2.05, 4.69) is 14.8 Å². The molecule has 0 saturated heterocycles. The topological polar surface area (TPSA) is 81.7 Å². The van der Waals surface area contributed by atoms with Gasteiger partial charge in [0.1, 0.15) is 6.04 Å². The van der Waals surface area contributed by atoms with Crippen LogP contribution in [0, 0.1) is 5.92 Å². The molecule has 0 spiro atoms. The maximum atomic E-state index is 11.4. The number of thioether (sulfide) groups is 1. The lowest BCUT2D eigenvalue weighted by Crippen LogP contribution is -2.42. The Hall–Kier alpha value is -1.24. The lowest BCUT2D eigenvalue weighted by molar-refractivity contribution is -0.144. The van der Waals surface area contributed by atoms with Crippen molar-refractivity contribution in [3.63, 3.8) is 0 Å². The summed E-state index contributed by atoms with van der Waals surface area (Å²) >= 11 is 1.38. The van der Waals surface area contributed by atoms with Crippen LogP contribution in [0.15, 0.2) is 0 Å². The molecule has 2 atom stereocenters. The number of nitrogens with one attached hydrogen (secondary N) is 1. The highest BCUT2D eigenvalue weighted by Gasteiger charge is 2.21. The van der Waals surface area contributed by atoms with Crippen LogP contribution in [0.5, 0.6) is 0 Å². The molecule has 0 radical (unpaired) electrons. The molecule has 0 rings (SSSR count). The third-order valence-corrected chi connectivity index (χ3v) is 3.42. The molecule has 1 amide bonds. The van der Waals surface area contributed by atoms with Crippen molar-refractivity contribution >= 4 is 29.6 Å². The summed E-state index contributed by atoms with van der Waals surface area (Å²) in [5.41, 5.74) is 0. The van der Waals surface area contributed by atoms with Crippen molar-refractivity contribution < 1.29 is 23.9 Å². The van der Waals surface area contributed by atoms with Crippen molar-refractivity contribution in [3.8, 4) is 0 Å². The van der Waals surface area contributed by atoms with E-state index in [4.69, 9.17) is 0 Å². The SMILES string of the molecule is COC(=O)C(C)CSC[C@H](NC(C)=O)C(=O)OC. The van der Waals surface area contributed by atoms with Crippen LogP contribution in [0.4, 0.5) is 0 Å². The summed E-state index contributed by atoms with van der Waals surface area (Å²) in [7, 11) is 2.59. The normalized spacial score (nSPS) is 13.3. The highest BCUT2D eigenvalue weighted by molar-refractivity contribution is 7.99. The van der Waals surface area contributed by atoms with E-state index in [1.165, 1.54) is 32.9 Å². The summed E-state index contributed by atoms with van der Waals surface area (Å²) < 4.78 is 9.17. The van der Waals surface area contributed by atoms with Gasteiger partial charge in [-0.15, -0.1) is 0 Å². The Morgan fingerprint density at radius 2 is 1.67 bits per heavy atom. The van der Waals surface area contributed by atoms with Crippen LogP contribution in [0.25, 0.3) is 0 Å². The van der Waals surface area contributed by atoms with E-state index >= 15 is 0 Å². The predicted molar refractivity (Wildman–Crippen MR) is 68.1 cm³/mol. The molecule has 0 heterocycles. The minimum absolute atomic E-state index is 0.254. The van der Waals surface area contributed by atoms with E-state index in [0.717, 1.165) is 0 Å². The Bertz CT molecular complexity index is 308. The minimum Gasteiger partial charge on any atom is -0.469 e. The van der Waals surface area contributed by atoms with Crippen molar-refractivity contribution in [2.45, 2.75) is 19.9 Å². The quantitative estimate of drug-likeness (QED) is 0.670. The molecular formula is C11H19NO5S. The van der Waals surface area contributed by atoms with Crippen molar-refractivity contribution in [3.05, 3.63) is 0 Å². The molecule has 0 bridgehead atoms.